The van der Waals surface area contributed by atoms with Crippen molar-refractivity contribution in [2.75, 3.05) is 27.4 Å². The Hall–Kier alpha value is -3.29. The van der Waals surface area contributed by atoms with E-state index in [0.717, 1.165) is 11.1 Å². The molecule has 0 unspecified atom stereocenters. The van der Waals surface area contributed by atoms with E-state index in [1.54, 1.807) is 25.0 Å². The van der Waals surface area contributed by atoms with Crippen LogP contribution in [0.3, 0.4) is 0 Å². The molecule has 0 saturated carbocycles. The van der Waals surface area contributed by atoms with Gasteiger partial charge in [-0.2, -0.15) is 8.78 Å². The first-order chi connectivity index (χ1) is 14.4. The molecule has 1 aliphatic rings. The minimum atomic E-state index is -2.99. The summed E-state index contributed by atoms with van der Waals surface area (Å²) in [6, 6.07) is 7.81. The fourth-order valence-electron chi connectivity index (χ4n) is 3.39. The van der Waals surface area contributed by atoms with E-state index in [9.17, 15) is 13.6 Å². The summed E-state index contributed by atoms with van der Waals surface area (Å²) in [5, 5.41) is 0. The third-order valence-corrected chi connectivity index (χ3v) is 4.80. The maximum absolute atomic E-state index is 13.2. The largest absolute Gasteiger partial charge is 0.493 e. The van der Waals surface area contributed by atoms with Gasteiger partial charge in [-0.1, -0.05) is 6.58 Å². The van der Waals surface area contributed by atoms with E-state index >= 15 is 0 Å². The summed E-state index contributed by atoms with van der Waals surface area (Å²) in [4.78, 5) is 14.7. The first-order valence-corrected chi connectivity index (χ1v) is 9.37. The van der Waals surface area contributed by atoms with Crippen LogP contribution in [0.5, 0.6) is 23.0 Å². The predicted octanol–water partition coefficient (Wildman–Crippen LogP) is 4.37. The molecule has 0 radical (unpaired) electrons. The Bertz CT molecular complexity index is 961. The molecule has 0 fully saturated rings. The summed E-state index contributed by atoms with van der Waals surface area (Å²) in [5.74, 6) is 0.796. The van der Waals surface area contributed by atoms with Crippen molar-refractivity contribution in [2.45, 2.75) is 20.0 Å². The molecule has 3 rings (SSSR count). The SMILES string of the molecule is C=C1c2cc(OC)c(OC)cc2CCN1C(=O)c1ccc(OC(F)F)c(OCC)c1. The van der Waals surface area contributed by atoms with E-state index in [-0.39, 0.29) is 29.6 Å². The molecule has 30 heavy (non-hydrogen) atoms. The number of ether oxygens (including phenoxy) is 4. The highest BCUT2D eigenvalue weighted by molar-refractivity contribution is 6.00. The molecular weight excluding hydrogens is 396 g/mol. The Morgan fingerprint density at radius 1 is 1.10 bits per heavy atom. The number of benzene rings is 2. The smallest absolute Gasteiger partial charge is 0.387 e. The summed E-state index contributed by atoms with van der Waals surface area (Å²) in [6.45, 7) is 3.46. The number of hydrogen-bond acceptors (Lipinski definition) is 5. The molecule has 0 saturated heterocycles. The van der Waals surface area contributed by atoms with Gasteiger partial charge >= 0.3 is 6.61 Å². The molecule has 1 aliphatic heterocycles. The van der Waals surface area contributed by atoms with E-state index in [0.29, 0.717) is 30.2 Å². The molecule has 160 valence electrons. The molecule has 0 aromatic heterocycles. The summed E-state index contributed by atoms with van der Waals surface area (Å²) in [6.07, 6.45) is 0.603. The van der Waals surface area contributed by atoms with Crippen molar-refractivity contribution >= 4 is 11.6 Å². The van der Waals surface area contributed by atoms with Gasteiger partial charge in [0.1, 0.15) is 0 Å². The highest BCUT2D eigenvalue weighted by Crippen LogP contribution is 2.38. The van der Waals surface area contributed by atoms with E-state index in [1.807, 2.05) is 6.07 Å². The number of alkyl halides is 2. The molecule has 0 atom stereocenters. The van der Waals surface area contributed by atoms with Crippen LogP contribution in [-0.4, -0.2) is 44.8 Å². The van der Waals surface area contributed by atoms with E-state index in [4.69, 9.17) is 14.2 Å². The average molecular weight is 419 g/mol. The quantitative estimate of drug-likeness (QED) is 0.667. The number of nitrogens with zero attached hydrogens (tertiary/aromatic N) is 1. The second kappa shape index (κ2) is 9.02. The normalized spacial score (nSPS) is 13.1. The minimum Gasteiger partial charge on any atom is -0.493 e. The number of amides is 1. The van der Waals surface area contributed by atoms with Gasteiger partial charge in [0.05, 0.1) is 20.8 Å². The van der Waals surface area contributed by atoms with Crippen LogP contribution in [0.15, 0.2) is 36.9 Å². The van der Waals surface area contributed by atoms with Gasteiger partial charge < -0.3 is 23.8 Å². The zero-order chi connectivity index (χ0) is 21.8. The standard InChI is InChI=1S/C22H23F2NO5/c1-5-29-20-11-15(6-7-17(20)30-22(23)24)21(26)25-9-8-14-10-18(27-3)19(28-4)12-16(14)13(25)2/h6-7,10-12,22H,2,5,8-9H2,1,3-4H3. The Morgan fingerprint density at radius 3 is 2.43 bits per heavy atom. The Balaban J connectivity index is 1.91. The second-order valence-corrected chi connectivity index (χ2v) is 6.49. The Kier molecular flexibility index (Phi) is 6.44. The Morgan fingerprint density at radius 2 is 1.80 bits per heavy atom. The summed E-state index contributed by atoms with van der Waals surface area (Å²) in [7, 11) is 3.10. The number of rotatable bonds is 7. The third kappa shape index (κ3) is 4.17. The van der Waals surface area contributed by atoms with Crippen molar-refractivity contribution in [1.29, 1.82) is 0 Å². The Labute approximate surface area is 173 Å². The fourth-order valence-corrected chi connectivity index (χ4v) is 3.39. The van der Waals surface area contributed by atoms with Crippen molar-refractivity contribution in [3.05, 3.63) is 53.6 Å². The van der Waals surface area contributed by atoms with Crippen LogP contribution in [0.2, 0.25) is 0 Å². The number of halogens is 2. The minimum absolute atomic E-state index is 0.0816. The molecule has 0 aliphatic carbocycles. The maximum Gasteiger partial charge on any atom is 0.387 e. The zero-order valence-electron chi connectivity index (χ0n) is 17.0. The lowest BCUT2D eigenvalue weighted by Crippen LogP contribution is -2.34. The van der Waals surface area contributed by atoms with Crippen LogP contribution in [-0.2, 0) is 6.42 Å². The van der Waals surface area contributed by atoms with Gasteiger partial charge in [0.15, 0.2) is 23.0 Å². The van der Waals surface area contributed by atoms with Gasteiger partial charge in [0.2, 0.25) is 0 Å². The van der Waals surface area contributed by atoms with E-state index < -0.39 is 6.61 Å². The van der Waals surface area contributed by atoms with Crippen LogP contribution in [0, 0.1) is 0 Å². The van der Waals surface area contributed by atoms with Crippen LogP contribution in [0.4, 0.5) is 8.78 Å². The zero-order valence-corrected chi connectivity index (χ0v) is 17.0. The first-order valence-electron chi connectivity index (χ1n) is 9.37. The van der Waals surface area contributed by atoms with Crippen molar-refractivity contribution in [2.24, 2.45) is 0 Å². The number of carbonyl (C=O) groups is 1. The number of methoxy groups -OCH3 is 2. The molecule has 2 aromatic rings. The van der Waals surface area contributed by atoms with E-state index in [2.05, 4.69) is 11.3 Å². The number of fused-ring (bicyclic) bond motifs is 1. The molecule has 2 aromatic carbocycles. The lowest BCUT2D eigenvalue weighted by molar-refractivity contribution is -0.0514. The molecule has 8 heteroatoms. The summed E-state index contributed by atoms with van der Waals surface area (Å²) >= 11 is 0. The molecule has 1 heterocycles. The van der Waals surface area contributed by atoms with Gasteiger partial charge in [-0.3, -0.25) is 4.79 Å². The lowest BCUT2D eigenvalue weighted by Gasteiger charge is -2.31. The molecule has 0 spiro atoms. The molecule has 0 bridgehead atoms. The summed E-state index contributed by atoms with van der Waals surface area (Å²) in [5.41, 5.74) is 2.59. The predicted molar refractivity (Wildman–Crippen MR) is 108 cm³/mol. The highest BCUT2D eigenvalue weighted by atomic mass is 19.3. The van der Waals surface area contributed by atoms with Gasteiger partial charge in [0, 0.05) is 23.4 Å². The fraction of sp³-hybridized carbons (Fsp3) is 0.318. The van der Waals surface area contributed by atoms with Crippen molar-refractivity contribution < 1.29 is 32.5 Å². The van der Waals surface area contributed by atoms with Gasteiger partial charge in [-0.25, -0.2) is 0 Å². The third-order valence-electron chi connectivity index (χ3n) is 4.80. The molecule has 0 N–H and O–H groups in total. The van der Waals surface area contributed by atoms with E-state index in [1.165, 1.54) is 25.3 Å². The first kappa shape index (κ1) is 21.4. The summed E-state index contributed by atoms with van der Waals surface area (Å²) < 4.78 is 45.8. The monoisotopic (exact) mass is 419 g/mol. The number of hydrogen-bond donors (Lipinski definition) is 0. The van der Waals surface area contributed by atoms with Crippen LogP contribution in [0.25, 0.3) is 5.70 Å². The van der Waals surface area contributed by atoms with Crippen molar-refractivity contribution in [3.8, 4) is 23.0 Å². The van der Waals surface area contributed by atoms with Crippen LogP contribution in [0.1, 0.15) is 28.4 Å². The second-order valence-electron chi connectivity index (χ2n) is 6.49. The highest BCUT2D eigenvalue weighted by Gasteiger charge is 2.28. The average Bonchev–Trinajstić information content (AvgIpc) is 2.73. The van der Waals surface area contributed by atoms with Gasteiger partial charge in [0.25, 0.3) is 5.91 Å². The van der Waals surface area contributed by atoms with Gasteiger partial charge in [-0.05, 0) is 49.2 Å². The molecule has 1 amide bonds. The van der Waals surface area contributed by atoms with Gasteiger partial charge in [-0.15, -0.1) is 0 Å². The molecule has 6 nitrogen and oxygen atoms in total. The van der Waals surface area contributed by atoms with Crippen molar-refractivity contribution in [3.63, 3.8) is 0 Å². The maximum atomic E-state index is 13.2. The number of carbonyl (C=O) groups excluding carboxylic acids is 1. The molecular formula is C22H23F2NO5. The topological polar surface area (TPSA) is 57.2 Å². The van der Waals surface area contributed by atoms with Crippen LogP contribution < -0.4 is 18.9 Å². The van der Waals surface area contributed by atoms with Crippen molar-refractivity contribution in [1.82, 2.24) is 4.90 Å². The van der Waals surface area contributed by atoms with Crippen LogP contribution >= 0.6 is 0 Å². The lowest BCUT2D eigenvalue weighted by atomic mass is 9.95.